The first kappa shape index (κ1) is 14.5. The highest BCUT2D eigenvalue weighted by Gasteiger charge is 2.15. The van der Waals surface area contributed by atoms with Crippen LogP contribution >= 0.6 is 11.3 Å². The third-order valence-electron chi connectivity index (χ3n) is 3.36. The minimum atomic E-state index is -0.396. The highest BCUT2D eigenvalue weighted by Crippen LogP contribution is 2.29. The average molecular weight is 313 g/mol. The van der Waals surface area contributed by atoms with Gasteiger partial charge < -0.3 is 4.74 Å². The lowest BCUT2D eigenvalue weighted by Crippen LogP contribution is -2.21. The summed E-state index contributed by atoms with van der Waals surface area (Å²) in [7, 11) is 0. The second-order valence-corrected chi connectivity index (χ2v) is 5.77. The first-order chi connectivity index (χ1) is 10.7. The van der Waals surface area contributed by atoms with Crippen molar-refractivity contribution in [3.63, 3.8) is 0 Å². The Labute approximate surface area is 131 Å². The second kappa shape index (κ2) is 6.15. The van der Waals surface area contributed by atoms with E-state index in [-0.39, 0.29) is 11.4 Å². The van der Waals surface area contributed by atoms with E-state index in [1.807, 2.05) is 48.5 Å². The van der Waals surface area contributed by atoms with Crippen molar-refractivity contribution in [2.75, 3.05) is 6.61 Å². The molecule has 1 heterocycles. The molecule has 0 aliphatic rings. The summed E-state index contributed by atoms with van der Waals surface area (Å²) >= 11 is 1.15. The SMILES string of the molecule is CCOC(=O)Cn1c(=O)sc2cccc(-c3ccccc3)c21. The molecule has 0 saturated carbocycles. The molecule has 4 nitrogen and oxygen atoms in total. The number of ether oxygens (including phenoxy) is 1. The van der Waals surface area contributed by atoms with Crippen LogP contribution in [0.1, 0.15) is 6.92 Å². The molecule has 0 bridgehead atoms. The highest BCUT2D eigenvalue weighted by atomic mass is 32.1. The highest BCUT2D eigenvalue weighted by molar-refractivity contribution is 7.16. The molecule has 0 atom stereocenters. The van der Waals surface area contributed by atoms with Crippen LogP contribution in [0.25, 0.3) is 21.3 Å². The molecule has 0 amide bonds. The molecule has 0 aliphatic heterocycles. The van der Waals surface area contributed by atoms with E-state index >= 15 is 0 Å². The molecule has 22 heavy (non-hydrogen) atoms. The molecule has 0 N–H and O–H groups in total. The van der Waals surface area contributed by atoms with Crippen molar-refractivity contribution in [2.45, 2.75) is 13.5 Å². The summed E-state index contributed by atoms with van der Waals surface area (Å²) in [5.41, 5.74) is 2.75. The molecule has 112 valence electrons. The molecule has 2 aromatic carbocycles. The zero-order chi connectivity index (χ0) is 15.5. The Morgan fingerprint density at radius 2 is 1.91 bits per heavy atom. The zero-order valence-electron chi connectivity index (χ0n) is 12.1. The van der Waals surface area contributed by atoms with Crippen LogP contribution in [0.5, 0.6) is 0 Å². The molecular formula is C17H15NO3S. The minimum absolute atomic E-state index is 0.0590. The molecular weight excluding hydrogens is 298 g/mol. The van der Waals surface area contributed by atoms with E-state index in [4.69, 9.17) is 4.74 Å². The van der Waals surface area contributed by atoms with Crippen LogP contribution in [0.3, 0.4) is 0 Å². The maximum absolute atomic E-state index is 12.2. The summed E-state index contributed by atoms with van der Waals surface area (Å²) in [6, 6.07) is 15.6. The van der Waals surface area contributed by atoms with Gasteiger partial charge in [0.15, 0.2) is 0 Å². The Kier molecular flexibility index (Phi) is 4.06. The summed E-state index contributed by atoms with van der Waals surface area (Å²) in [5.74, 6) is -0.396. The molecule has 0 fully saturated rings. The molecule has 0 saturated heterocycles. The van der Waals surface area contributed by atoms with Gasteiger partial charge >= 0.3 is 10.8 Å². The summed E-state index contributed by atoms with van der Waals surface area (Å²) < 4.78 is 7.34. The van der Waals surface area contributed by atoms with E-state index in [9.17, 15) is 9.59 Å². The van der Waals surface area contributed by atoms with Crippen LogP contribution < -0.4 is 4.87 Å². The number of hydrogen-bond donors (Lipinski definition) is 0. The van der Waals surface area contributed by atoms with Crippen LogP contribution in [0.15, 0.2) is 53.3 Å². The summed E-state index contributed by atoms with van der Waals surface area (Å²) in [6.07, 6.45) is 0. The molecule has 3 aromatic rings. The molecule has 3 rings (SSSR count). The van der Waals surface area contributed by atoms with Crippen molar-refractivity contribution in [1.82, 2.24) is 4.57 Å². The third-order valence-corrected chi connectivity index (χ3v) is 4.31. The van der Waals surface area contributed by atoms with Gasteiger partial charge in [0.1, 0.15) is 6.54 Å². The van der Waals surface area contributed by atoms with Crippen molar-refractivity contribution in [1.29, 1.82) is 0 Å². The van der Waals surface area contributed by atoms with Gasteiger partial charge in [0, 0.05) is 5.56 Å². The Morgan fingerprint density at radius 1 is 1.14 bits per heavy atom. The van der Waals surface area contributed by atoms with E-state index in [1.165, 1.54) is 4.57 Å². The van der Waals surface area contributed by atoms with E-state index in [0.717, 1.165) is 32.7 Å². The van der Waals surface area contributed by atoms with Gasteiger partial charge in [-0.15, -0.1) is 0 Å². The molecule has 0 unspecified atom stereocenters. The topological polar surface area (TPSA) is 48.3 Å². The van der Waals surface area contributed by atoms with Crippen LogP contribution in [-0.2, 0) is 16.1 Å². The van der Waals surface area contributed by atoms with Gasteiger partial charge in [-0.2, -0.15) is 0 Å². The number of carbonyl (C=O) groups excluding carboxylic acids is 1. The average Bonchev–Trinajstić information content (AvgIpc) is 2.84. The number of rotatable bonds is 4. The van der Waals surface area contributed by atoms with Crippen molar-refractivity contribution in [3.8, 4) is 11.1 Å². The maximum Gasteiger partial charge on any atom is 0.326 e. The Balaban J connectivity index is 2.18. The maximum atomic E-state index is 12.2. The number of thiazole rings is 1. The predicted octanol–water partition coefficient (Wildman–Crippen LogP) is 3.29. The van der Waals surface area contributed by atoms with E-state index in [1.54, 1.807) is 6.92 Å². The van der Waals surface area contributed by atoms with Crippen molar-refractivity contribution >= 4 is 27.5 Å². The second-order valence-electron chi connectivity index (χ2n) is 4.78. The lowest BCUT2D eigenvalue weighted by molar-refractivity contribution is -0.143. The number of carbonyl (C=O) groups is 1. The fourth-order valence-corrected chi connectivity index (χ4v) is 3.37. The number of benzene rings is 2. The molecule has 1 aromatic heterocycles. The Morgan fingerprint density at radius 3 is 2.64 bits per heavy atom. The van der Waals surface area contributed by atoms with E-state index in [0.29, 0.717) is 6.61 Å². The molecule has 5 heteroatoms. The van der Waals surface area contributed by atoms with Gasteiger partial charge in [-0.1, -0.05) is 53.8 Å². The number of nitrogens with zero attached hydrogens (tertiary/aromatic N) is 1. The van der Waals surface area contributed by atoms with Crippen LogP contribution in [0.4, 0.5) is 0 Å². The van der Waals surface area contributed by atoms with E-state index in [2.05, 4.69) is 0 Å². The van der Waals surface area contributed by atoms with Gasteiger partial charge in [-0.05, 0) is 18.6 Å². The standard InChI is InChI=1S/C17H15NO3S/c1-2-21-15(19)11-18-16-13(12-7-4-3-5-8-12)9-6-10-14(16)22-17(18)20/h3-10H,2,11H2,1H3. The quantitative estimate of drug-likeness (QED) is 0.694. The fourth-order valence-electron chi connectivity index (χ4n) is 2.45. The van der Waals surface area contributed by atoms with Gasteiger partial charge in [-0.25, -0.2) is 0 Å². The van der Waals surface area contributed by atoms with Crippen molar-refractivity contribution in [2.24, 2.45) is 0 Å². The lowest BCUT2D eigenvalue weighted by atomic mass is 10.0. The first-order valence-electron chi connectivity index (χ1n) is 7.04. The monoisotopic (exact) mass is 313 g/mol. The normalized spacial score (nSPS) is 10.8. The number of aromatic nitrogens is 1. The van der Waals surface area contributed by atoms with E-state index < -0.39 is 5.97 Å². The number of hydrogen-bond acceptors (Lipinski definition) is 4. The van der Waals surface area contributed by atoms with Crippen LogP contribution in [0.2, 0.25) is 0 Å². The van der Waals surface area contributed by atoms with Gasteiger partial charge in [0.05, 0.1) is 16.8 Å². The van der Waals surface area contributed by atoms with Crippen LogP contribution in [0, 0.1) is 0 Å². The van der Waals surface area contributed by atoms with Crippen LogP contribution in [-0.4, -0.2) is 17.1 Å². The Hall–Kier alpha value is -2.40. The third kappa shape index (κ3) is 2.67. The largest absolute Gasteiger partial charge is 0.465 e. The zero-order valence-corrected chi connectivity index (χ0v) is 12.9. The number of fused-ring (bicyclic) bond motifs is 1. The van der Waals surface area contributed by atoms with Gasteiger partial charge in [0.2, 0.25) is 0 Å². The first-order valence-corrected chi connectivity index (χ1v) is 7.85. The number of esters is 1. The molecule has 0 spiro atoms. The van der Waals surface area contributed by atoms with Gasteiger partial charge in [-0.3, -0.25) is 14.2 Å². The smallest absolute Gasteiger partial charge is 0.326 e. The molecule has 0 radical (unpaired) electrons. The summed E-state index contributed by atoms with van der Waals surface area (Å²) in [6.45, 7) is 2.00. The lowest BCUT2D eigenvalue weighted by Gasteiger charge is -2.08. The minimum Gasteiger partial charge on any atom is -0.465 e. The van der Waals surface area contributed by atoms with Crippen molar-refractivity contribution in [3.05, 3.63) is 58.2 Å². The van der Waals surface area contributed by atoms with Gasteiger partial charge in [0.25, 0.3) is 0 Å². The Bertz CT molecular complexity index is 864. The van der Waals surface area contributed by atoms with Crippen molar-refractivity contribution < 1.29 is 9.53 Å². The predicted molar refractivity (Wildman–Crippen MR) is 88.2 cm³/mol. The number of para-hydroxylation sites is 1. The summed E-state index contributed by atoms with van der Waals surface area (Å²) in [4.78, 5) is 23.9. The fraction of sp³-hybridized carbons (Fsp3) is 0.176. The summed E-state index contributed by atoms with van der Waals surface area (Å²) in [5, 5.41) is 0. The molecule has 0 aliphatic carbocycles.